The van der Waals surface area contributed by atoms with Gasteiger partial charge in [-0.3, -0.25) is 9.67 Å². The largest absolute Gasteiger partial charge is 0.307 e. The van der Waals surface area contributed by atoms with Gasteiger partial charge in [0.25, 0.3) is 0 Å². The summed E-state index contributed by atoms with van der Waals surface area (Å²) in [6.07, 6.45) is 3.78. The summed E-state index contributed by atoms with van der Waals surface area (Å²) in [7, 11) is 1.93. The molecule has 0 saturated carbocycles. The van der Waals surface area contributed by atoms with Crippen LogP contribution in [0.1, 0.15) is 11.3 Å². The predicted octanol–water partition coefficient (Wildman–Crippen LogP) is 3.02. The molecule has 0 amide bonds. The van der Waals surface area contributed by atoms with Gasteiger partial charge in [-0.2, -0.15) is 5.10 Å². The molecule has 0 aliphatic rings. The highest BCUT2D eigenvalue weighted by atomic mass is 79.9. The Hall–Kier alpha value is -1.72. The molecule has 0 atom stereocenters. The number of aryl methyl sites for hydroxylation is 1. The molecule has 0 radical (unpaired) electrons. The number of hydrogen-bond donors (Lipinski definition) is 1. The molecule has 102 valence electrons. The van der Waals surface area contributed by atoms with Crippen LogP contribution in [0.15, 0.2) is 47.2 Å². The lowest BCUT2D eigenvalue weighted by Crippen LogP contribution is -2.13. The second-order valence-corrected chi connectivity index (χ2v) is 5.54. The minimum Gasteiger partial charge on any atom is -0.307 e. The maximum absolute atomic E-state index is 4.48. The molecule has 4 nitrogen and oxygen atoms in total. The van der Waals surface area contributed by atoms with E-state index >= 15 is 0 Å². The average molecular weight is 331 g/mol. The zero-order valence-electron chi connectivity index (χ0n) is 11.2. The van der Waals surface area contributed by atoms with Crippen LogP contribution in [0.4, 0.5) is 0 Å². The quantitative estimate of drug-likeness (QED) is 0.799. The van der Waals surface area contributed by atoms with E-state index in [0.29, 0.717) is 0 Å². The van der Waals surface area contributed by atoms with Gasteiger partial charge in [0.05, 0.1) is 11.2 Å². The van der Waals surface area contributed by atoms with Crippen molar-refractivity contribution in [1.82, 2.24) is 20.1 Å². The second kappa shape index (κ2) is 5.73. The van der Waals surface area contributed by atoms with Crippen LogP contribution < -0.4 is 5.32 Å². The maximum atomic E-state index is 4.48. The van der Waals surface area contributed by atoms with Crippen LogP contribution in [0.2, 0.25) is 0 Å². The molecule has 0 spiro atoms. The Kier molecular flexibility index (Phi) is 3.80. The summed E-state index contributed by atoms with van der Waals surface area (Å²) < 4.78 is 2.89. The predicted molar refractivity (Wildman–Crippen MR) is 83.2 cm³/mol. The number of fused-ring (bicyclic) bond motifs is 1. The molecule has 0 aliphatic carbocycles. The Morgan fingerprint density at radius 1 is 1.20 bits per heavy atom. The fourth-order valence-electron chi connectivity index (χ4n) is 2.22. The molecular formula is C15H15BrN4. The van der Waals surface area contributed by atoms with Crippen LogP contribution in [0, 0.1) is 0 Å². The van der Waals surface area contributed by atoms with E-state index in [9.17, 15) is 0 Å². The number of benzene rings is 1. The third kappa shape index (κ3) is 2.73. The van der Waals surface area contributed by atoms with Crippen molar-refractivity contribution in [3.05, 3.63) is 58.5 Å². The van der Waals surface area contributed by atoms with E-state index < -0.39 is 0 Å². The van der Waals surface area contributed by atoms with E-state index in [4.69, 9.17) is 0 Å². The SMILES string of the molecule is Cn1ccc(CNCc2ccc(Br)c3cccnc23)n1. The highest BCUT2D eigenvalue weighted by Crippen LogP contribution is 2.25. The molecule has 20 heavy (non-hydrogen) atoms. The van der Waals surface area contributed by atoms with Gasteiger partial charge in [0.15, 0.2) is 0 Å². The monoisotopic (exact) mass is 330 g/mol. The number of hydrogen-bond acceptors (Lipinski definition) is 3. The van der Waals surface area contributed by atoms with E-state index in [1.807, 2.05) is 36.3 Å². The summed E-state index contributed by atoms with van der Waals surface area (Å²) in [5.41, 5.74) is 3.28. The van der Waals surface area contributed by atoms with E-state index in [2.05, 4.69) is 49.5 Å². The van der Waals surface area contributed by atoms with Gasteiger partial charge in [-0.15, -0.1) is 0 Å². The number of nitrogens with one attached hydrogen (secondary N) is 1. The summed E-state index contributed by atoms with van der Waals surface area (Å²) in [6, 6.07) is 10.2. The smallest absolute Gasteiger partial charge is 0.0762 e. The maximum Gasteiger partial charge on any atom is 0.0762 e. The third-order valence-electron chi connectivity index (χ3n) is 3.19. The summed E-state index contributed by atoms with van der Waals surface area (Å²) in [4.78, 5) is 4.48. The molecule has 2 heterocycles. The van der Waals surface area contributed by atoms with Crippen molar-refractivity contribution in [3.8, 4) is 0 Å². The molecule has 0 bridgehead atoms. The molecule has 3 rings (SSSR count). The van der Waals surface area contributed by atoms with Crippen molar-refractivity contribution in [2.45, 2.75) is 13.1 Å². The minimum atomic E-state index is 0.755. The van der Waals surface area contributed by atoms with E-state index in [0.717, 1.165) is 34.2 Å². The van der Waals surface area contributed by atoms with Crippen molar-refractivity contribution < 1.29 is 0 Å². The van der Waals surface area contributed by atoms with E-state index in [1.54, 1.807) is 0 Å². The first-order valence-electron chi connectivity index (χ1n) is 6.45. The van der Waals surface area contributed by atoms with Crippen molar-refractivity contribution in [2.75, 3.05) is 0 Å². The Balaban J connectivity index is 1.76. The summed E-state index contributed by atoms with van der Waals surface area (Å²) in [5, 5.41) is 8.90. The molecular weight excluding hydrogens is 316 g/mol. The first kappa shape index (κ1) is 13.3. The molecule has 1 N–H and O–H groups in total. The summed E-state index contributed by atoms with van der Waals surface area (Å²) in [6.45, 7) is 1.53. The number of aromatic nitrogens is 3. The van der Waals surface area contributed by atoms with Crippen LogP contribution in [-0.2, 0) is 20.1 Å². The molecule has 0 unspecified atom stereocenters. The summed E-state index contributed by atoms with van der Waals surface area (Å²) in [5.74, 6) is 0. The molecule has 1 aromatic carbocycles. The van der Waals surface area contributed by atoms with Crippen LogP contribution in [0.5, 0.6) is 0 Å². The van der Waals surface area contributed by atoms with E-state index in [1.165, 1.54) is 5.56 Å². The van der Waals surface area contributed by atoms with Gasteiger partial charge < -0.3 is 5.32 Å². The van der Waals surface area contributed by atoms with Crippen LogP contribution in [-0.4, -0.2) is 14.8 Å². The third-order valence-corrected chi connectivity index (χ3v) is 3.88. The number of nitrogens with zero attached hydrogens (tertiary/aromatic N) is 3. The fraction of sp³-hybridized carbons (Fsp3) is 0.200. The Morgan fingerprint density at radius 2 is 2.10 bits per heavy atom. The molecule has 0 saturated heterocycles. The Bertz CT molecular complexity index is 736. The Labute approximate surface area is 126 Å². The van der Waals surface area contributed by atoms with Crippen molar-refractivity contribution in [2.24, 2.45) is 7.05 Å². The topological polar surface area (TPSA) is 42.7 Å². The highest BCUT2D eigenvalue weighted by molar-refractivity contribution is 9.10. The Morgan fingerprint density at radius 3 is 2.90 bits per heavy atom. The highest BCUT2D eigenvalue weighted by Gasteiger charge is 2.05. The van der Waals surface area contributed by atoms with Crippen LogP contribution >= 0.6 is 15.9 Å². The average Bonchev–Trinajstić information content (AvgIpc) is 2.87. The standard InChI is InChI=1S/C15H15BrN4/c1-20-8-6-12(19-20)10-17-9-11-4-5-14(16)13-3-2-7-18-15(11)13/h2-8,17H,9-10H2,1H3. The summed E-state index contributed by atoms with van der Waals surface area (Å²) >= 11 is 3.57. The second-order valence-electron chi connectivity index (χ2n) is 4.69. The minimum absolute atomic E-state index is 0.755. The number of halogens is 1. The fourth-order valence-corrected chi connectivity index (χ4v) is 2.67. The number of rotatable bonds is 4. The number of pyridine rings is 1. The molecule has 5 heteroatoms. The zero-order valence-corrected chi connectivity index (χ0v) is 12.8. The van der Waals surface area contributed by atoms with Gasteiger partial charge in [-0.25, -0.2) is 0 Å². The lowest BCUT2D eigenvalue weighted by Gasteiger charge is -2.08. The van der Waals surface area contributed by atoms with Crippen LogP contribution in [0.25, 0.3) is 10.9 Å². The lowest BCUT2D eigenvalue weighted by molar-refractivity contribution is 0.658. The zero-order chi connectivity index (χ0) is 13.9. The molecule has 3 aromatic rings. The normalized spacial score (nSPS) is 11.1. The van der Waals surface area contributed by atoms with Gasteiger partial charge in [0.1, 0.15) is 0 Å². The van der Waals surface area contributed by atoms with Gasteiger partial charge >= 0.3 is 0 Å². The first-order chi connectivity index (χ1) is 9.74. The van der Waals surface area contributed by atoms with Crippen molar-refractivity contribution in [1.29, 1.82) is 0 Å². The van der Waals surface area contributed by atoms with E-state index in [-0.39, 0.29) is 0 Å². The van der Waals surface area contributed by atoms with Crippen molar-refractivity contribution >= 4 is 26.8 Å². The van der Waals surface area contributed by atoms with Gasteiger partial charge in [0.2, 0.25) is 0 Å². The van der Waals surface area contributed by atoms with Crippen LogP contribution in [0.3, 0.4) is 0 Å². The molecule has 0 fully saturated rings. The van der Waals surface area contributed by atoms with Gasteiger partial charge in [0, 0.05) is 42.4 Å². The first-order valence-corrected chi connectivity index (χ1v) is 7.25. The van der Waals surface area contributed by atoms with Gasteiger partial charge in [-0.05, 0) is 23.8 Å². The van der Waals surface area contributed by atoms with Crippen molar-refractivity contribution in [3.63, 3.8) is 0 Å². The molecule has 0 aliphatic heterocycles. The lowest BCUT2D eigenvalue weighted by atomic mass is 10.1. The van der Waals surface area contributed by atoms with Gasteiger partial charge in [-0.1, -0.05) is 28.1 Å². The molecule has 2 aromatic heterocycles.